The third-order valence-electron chi connectivity index (χ3n) is 2.36. The second kappa shape index (κ2) is 4.72. The van der Waals surface area contributed by atoms with E-state index in [1.807, 2.05) is 0 Å². The Kier molecular flexibility index (Phi) is 3.43. The first-order chi connectivity index (χ1) is 8.36. The number of rotatable bonds is 2. The van der Waals surface area contributed by atoms with Crippen molar-refractivity contribution in [1.29, 1.82) is 0 Å². The summed E-state index contributed by atoms with van der Waals surface area (Å²) in [5.74, 6) is 0. The molecule has 0 aliphatic carbocycles. The molecular weight excluding hydrogens is 311 g/mol. The predicted molar refractivity (Wildman–Crippen MR) is 63.0 cm³/mol. The molecule has 0 atom stereocenters. The van der Waals surface area contributed by atoms with E-state index in [0.29, 0.717) is 10.0 Å². The summed E-state index contributed by atoms with van der Waals surface area (Å²) in [5.41, 5.74) is 0.561. The normalized spacial score (nSPS) is 11.8. The van der Waals surface area contributed by atoms with Crippen LogP contribution in [0, 0.1) is 6.92 Å². The lowest BCUT2D eigenvalue weighted by Gasteiger charge is -2.10. The zero-order chi connectivity index (χ0) is 13.3. The first-order valence-electron chi connectivity index (χ1n) is 5.08. The minimum absolute atomic E-state index is 0.241. The number of alkyl halides is 3. The summed E-state index contributed by atoms with van der Waals surface area (Å²) in [6, 6.07) is 3.54. The van der Waals surface area contributed by atoms with Gasteiger partial charge in [-0.3, -0.25) is 0 Å². The fourth-order valence-electron chi connectivity index (χ4n) is 1.52. The molecule has 2 rings (SSSR count). The van der Waals surface area contributed by atoms with Crippen LogP contribution in [0.15, 0.2) is 28.9 Å². The molecule has 0 spiro atoms. The van der Waals surface area contributed by atoms with Crippen molar-refractivity contribution in [2.45, 2.75) is 19.6 Å². The van der Waals surface area contributed by atoms with Gasteiger partial charge < -0.3 is 0 Å². The number of hydrogen-bond donors (Lipinski definition) is 0. The zero-order valence-corrected chi connectivity index (χ0v) is 11.0. The minimum atomic E-state index is -4.34. The third kappa shape index (κ3) is 2.90. The van der Waals surface area contributed by atoms with Crippen molar-refractivity contribution in [2.75, 3.05) is 0 Å². The van der Waals surface area contributed by atoms with Crippen molar-refractivity contribution in [3.8, 4) is 0 Å². The fourth-order valence-corrected chi connectivity index (χ4v) is 1.89. The maximum absolute atomic E-state index is 12.6. The molecule has 2 aromatic rings. The SMILES string of the molecule is Cc1cn(Cc2cc(C(F)(F)F)ccc2Br)nn1. The van der Waals surface area contributed by atoms with Crippen LogP contribution < -0.4 is 0 Å². The molecule has 0 radical (unpaired) electrons. The third-order valence-corrected chi connectivity index (χ3v) is 3.13. The van der Waals surface area contributed by atoms with Gasteiger partial charge in [0.15, 0.2) is 0 Å². The van der Waals surface area contributed by atoms with Crippen molar-refractivity contribution < 1.29 is 13.2 Å². The van der Waals surface area contributed by atoms with Gasteiger partial charge in [-0.2, -0.15) is 13.2 Å². The molecule has 0 unspecified atom stereocenters. The predicted octanol–water partition coefficient (Wildman–Crippen LogP) is 3.42. The molecule has 18 heavy (non-hydrogen) atoms. The van der Waals surface area contributed by atoms with Gasteiger partial charge in [0, 0.05) is 10.7 Å². The lowest BCUT2D eigenvalue weighted by molar-refractivity contribution is -0.137. The van der Waals surface area contributed by atoms with Gasteiger partial charge in [0.1, 0.15) is 0 Å². The summed E-state index contributed by atoms with van der Waals surface area (Å²) in [5, 5.41) is 7.60. The standard InChI is InChI=1S/C11H9BrF3N3/c1-7-5-18(17-16-7)6-8-4-9(11(13,14)15)2-3-10(8)12/h2-5H,6H2,1H3. The Balaban J connectivity index is 2.32. The maximum atomic E-state index is 12.6. The number of halogens is 4. The molecule has 1 aromatic carbocycles. The summed E-state index contributed by atoms with van der Waals surface area (Å²) in [7, 11) is 0. The van der Waals surface area contributed by atoms with Crippen molar-refractivity contribution in [3.63, 3.8) is 0 Å². The number of nitrogens with zero attached hydrogens (tertiary/aromatic N) is 3. The maximum Gasteiger partial charge on any atom is 0.416 e. The molecule has 0 fully saturated rings. The topological polar surface area (TPSA) is 30.7 Å². The van der Waals surface area contributed by atoms with E-state index in [2.05, 4.69) is 26.2 Å². The Morgan fingerprint density at radius 2 is 2.06 bits per heavy atom. The largest absolute Gasteiger partial charge is 0.416 e. The fraction of sp³-hybridized carbons (Fsp3) is 0.273. The molecule has 7 heteroatoms. The van der Waals surface area contributed by atoms with Crippen LogP contribution in [0.25, 0.3) is 0 Å². The highest BCUT2D eigenvalue weighted by molar-refractivity contribution is 9.10. The van der Waals surface area contributed by atoms with Crippen LogP contribution in [0.1, 0.15) is 16.8 Å². The molecule has 1 heterocycles. The molecule has 0 saturated carbocycles. The Morgan fingerprint density at radius 1 is 1.33 bits per heavy atom. The molecule has 0 amide bonds. The van der Waals surface area contributed by atoms with E-state index in [-0.39, 0.29) is 6.54 Å². The molecular formula is C11H9BrF3N3. The molecule has 0 aliphatic heterocycles. The lowest BCUT2D eigenvalue weighted by Crippen LogP contribution is -2.08. The molecule has 0 aliphatic rings. The average molecular weight is 320 g/mol. The summed E-state index contributed by atoms with van der Waals surface area (Å²) in [4.78, 5) is 0. The number of hydrogen-bond acceptors (Lipinski definition) is 2. The van der Waals surface area contributed by atoms with Crippen molar-refractivity contribution in [3.05, 3.63) is 45.7 Å². The van der Waals surface area contributed by atoms with E-state index >= 15 is 0 Å². The van der Waals surface area contributed by atoms with E-state index < -0.39 is 11.7 Å². The van der Waals surface area contributed by atoms with Crippen molar-refractivity contribution in [1.82, 2.24) is 15.0 Å². The second-order valence-corrected chi connectivity index (χ2v) is 4.72. The Labute approximate surface area is 110 Å². The summed E-state index contributed by atoms with van der Waals surface area (Å²) < 4.78 is 39.9. The first kappa shape index (κ1) is 13.1. The first-order valence-corrected chi connectivity index (χ1v) is 5.88. The van der Waals surface area contributed by atoms with Crippen LogP contribution in [0.2, 0.25) is 0 Å². The summed E-state index contributed by atoms with van der Waals surface area (Å²) in [6.45, 7) is 2.01. The Morgan fingerprint density at radius 3 is 2.61 bits per heavy atom. The zero-order valence-electron chi connectivity index (χ0n) is 9.37. The summed E-state index contributed by atoms with van der Waals surface area (Å²) >= 11 is 3.23. The van der Waals surface area contributed by atoms with Crippen LogP contribution in [0.3, 0.4) is 0 Å². The average Bonchev–Trinajstić information content (AvgIpc) is 2.66. The van der Waals surface area contributed by atoms with Crippen molar-refractivity contribution in [2.24, 2.45) is 0 Å². The van der Waals surface area contributed by atoms with Gasteiger partial charge in [-0.05, 0) is 30.7 Å². The monoisotopic (exact) mass is 319 g/mol. The van der Waals surface area contributed by atoms with E-state index in [4.69, 9.17) is 0 Å². The van der Waals surface area contributed by atoms with Crippen LogP contribution >= 0.6 is 15.9 Å². The van der Waals surface area contributed by atoms with E-state index in [0.717, 1.165) is 17.8 Å². The highest BCUT2D eigenvalue weighted by Gasteiger charge is 2.30. The molecule has 96 valence electrons. The molecule has 0 N–H and O–H groups in total. The van der Waals surface area contributed by atoms with Gasteiger partial charge in [0.05, 0.1) is 17.8 Å². The van der Waals surface area contributed by atoms with Gasteiger partial charge in [-0.25, -0.2) is 4.68 Å². The van der Waals surface area contributed by atoms with Crippen LogP contribution in [0.4, 0.5) is 13.2 Å². The van der Waals surface area contributed by atoms with E-state index in [9.17, 15) is 13.2 Å². The lowest BCUT2D eigenvalue weighted by atomic mass is 10.1. The van der Waals surface area contributed by atoms with E-state index in [1.165, 1.54) is 10.7 Å². The second-order valence-electron chi connectivity index (χ2n) is 3.86. The van der Waals surface area contributed by atoms with Crippen LogP contribution in [0.5, 0.6) is 0 Å². The highest BCUT2D eigenvalue weighted by Crippen LogP contribution is 2.32. The highest BCUT2D eigenvalue weighted by atomic mass is 79.9. The quantitative estimate of drug-likeness (QED) is 0.849. The van der Waals surface area contributed by atoms with Crippen LogP contribution in [-0.2, 0) is 12.7 Å². The van der Waals surface area contributed by atoms with Crippen molar-refractivity contribution >= 4 is 15.9 Å². The Bertz CT molecular complexity index is 563. The molecule has 1 aromatic heterocycles. The molecule has 0 saturated heterocycles. The summed E-state index contributed by atoms with van der Waals surface area (Å²) in [6.07, 6.45) is -2.67. The van der Waals surface area contributed by atoms with Gasteiger partial charge in [0.25, 0.3) is 0 Å². The minimum Gasteiger partial charge on any atom is -0.248 e. The van der Waals surface area contributed by atoms with Gasteiger partial charge in [-0.15, -0.1) is 5.10 Å². The molecule has 3 nitrogen and oxygen atoms in total. The number of aromatic nitrogens is 3. The van der Waals surface area contributed by atoms with Gasteiger partial charge in [0.2, 0.25) is 0 Å². The van der Waals surface area contributed by atoms with Gasteiger partial charge >= 0.3 is 6.18 Å². The van der Waals surface area contributed by atoms with E-state index in [1.54, 1.807) is 13.1 Å². The number of aryl methyl sites for hydroxylation is 1. The molecule has 0 bridgehead atoms. The Hall–Kier alpha value is -1.37. The number of benzene rings is 1. The van der Waals surface area contributed by atoms with Crippen LogP contribution in [-0.4, -0.2) is 15.0 Å². The van der Waals surface area contributed by atoms with Gasteiger partial charge in [-0.1, -0.05) is 21.1 Å². The smallest absolute Gasteiger partial charge is 0.248 e.